The van der Waals surface area contributed by atoms with Crippen LogP contribution in [0.25, 0.3) is 0 Å². The van der Waals surface area contributed by atoms with E-state index in [1.165, 1.54) is 10.5 Å². The third kappa shape index (κ3) is 6.81. The number of carbonyl (C=O) groups excluding carboxylic acids is 3. The van der Waals surface area contributed by atoms with Crippen LogP contribution in [0.5, 0.6) is 5.75 Å². The fraction of sp³-hybridized carbons (Fsp3) is 0.400. The molecule has 1 fully saturated rings. The molecule has 0 radical (unpaired) electrons. The van der Waals surface area contributed by atoms with Crippen LogP contribution < -0.4 is 10.1 Å². The molecule has 7 nitrogen and oxygen atoms in total. The average Bonchev–Trinajstić information content (AvgIpc) is 2.81. The molecule has 33 heavy (non-hydrogen) atoms. The molecular weight excluding hydrogens is 488 g/mol. The number of ether oxygens (including phenoxy) is 2. The van der Waals surface area contributed by atoms with Crippen LogP contribution in [-0.2, 0) is 20.7 Å². The number of benzene rings is 2. The third-order valence-electron chi connectivity index (χ3n) is 5.53. The molecule has 176 valence electrons. The van der Waals surface area contributed by atoms with Crippen LogP contribution in [-0.4, -0.2) is 54.5 Å². The molecular formula is C25H29BrN2O5. The van der Waals surface area contributed by atoms with Gasteiger partial charge in [0.1, 0.15) is 11.8 Å². The van der Waals surface area contributed by atoms with Crippen molar-refractivity contribution < 1.29 is 23.9 Å². The van der Waals surface area contributed by atoms with Crippen LogP contribution in [0.2, 0.25) is 0 Å². The van der Waals surface area contributed by atoms with Gasteiger partial charge in [0.25, 0.3) is 5.91 Å². The van der Waals surface area contributed by atoms with Gasteiger partial charge >= 0.3 is 5.97 Å². The highest BCUT2D eigenvalue weighted by molar-refractivity contribution is 9.10. The number of amides is 2. The maximum absolute atomic E-state index is 13.2. The Morgan fingerprint density at radius 3 is 2.67 bits per heavy atom. The minimum absolute atomic E-state index is 0.177. The van der Waals surface area contributed by atoms with Gasteiger partial charge in [-0.05, 0) is 53.0 Å². The Kier molecular flexibility index (Phi) is 8.88. The summed E-state index contributed by atoms with van der Waals surface area (Å²) in [5.41, 5.74) is 1.59. The summed E-state index contributed by atoms with van der Waals surface area (Å²) in [5.74, 6) is -0.529. The fourth-order valence-electron chi connectivity index (χ4n) is 3.51. The van der Waals surface area contributed by atoms with Gasteiger partial charge in [-0.3, -0.25) is 14.4 Å². The number of carbonyl (C=O) groups is 3. The molecule has 0 saturated carbocycles. The highest BCUT2D eigenvalue weighted by atomic mass is 79.9. The van der Waals surface area contributed by atoms with Gasteiger partial charge in [-0.2, -0.15) is 0 Å². The Labute approximate surface area is 202 Å². The highest BCUT2D eigenvalue weighted by Gasteiger charge is 2.36. The van der Waals surface area contributed by atoms with E-state index < -0.39 is 12.0 Å². The van der Waals surface area contributed by atoms with E-state index >= 15 is 0 Å². The van der Waals surface area contributed by atoms with Crippen molar-refractivity contribution in [3.63, 3.8) is 0 Å². The monoisotopic (exact) mass is 516 g/mol. The topological polar surface area (TPSA) is 84.9 Å². The zero-order valence-electron chi connectivity index (χ0n) is 18.9. The van der Waals surface area contributed by atoms with E-state index in [1.807, 2.05) is 37.3 Å². The Balaban J connectivity index is 1.65. The lowest BCUT2D eigenvalue weighted by Gasteiger charge is -2.34. The lowest BCUT2D eigenvalue weighted by molar-refractivity contribution is -0.151. The van der Waals surface area contributed by atoms with Gasteiger partial charge in [-0.25, -0.2) is 0 Å². The van der Waals surface area contributed by atoms with Gasteiger partial charge < -0.3 is 19.7 Å². The molecule has 1 heterocycles. The molecule has 0 aromatic heterocycles. The summed E-state index contributed by atoms with van der Waals surface area (Å²) in [4.78, 5) is 39.4. The largest absolute Gasteiger partial charge is 0.492 e. The van der Waals surface area contributed by atoms with Crippen molar-refractivity contribution >= 4 is 33.7 Å². The first kappa shape index (κ1) is 24.8. The van der Waals surface area contributed by atoms with Crippen LogP contribution in [0, 0.1) is 0 Å². The molecule has 0 aliphatic carbocycles. The van der Waals surface area contributed by atoms with E-state index in [0.717, 1.165) is 6.42 Å². The maximum Gasteiger partial charge on any atom is 0.308 e. The number of nitrogens with zero attached hydrogens (tertiary/aromatic N) is 1. The number of esters is 1. The molecule has 2 amide bonds. The Morgan fingerprint density at radius 2 is 1.97 bits per heavy atom. The number of hydrogen-bond acceptors (Lipinski definition) is 5. The van der Waals surface area contributed by atoms with Crippen molar-refractivity contribution in [2.45, 2.75) is 45.3 Å². The summed E-state index contributed by atoms with van der Waals surface area (Å²) in [5, 5.41) is 2.73. The van der Waals surface area contributed by atoms with Crippen molar-refractivity contribution in [3.05, 3.63) is 64.1 Å². The van der Waals surface area contributed by atoms with E-state index in [9.17, 15) is 14.4 Å². The summed E-state index contributed by atoms with van der Waals surface area (Å²) in [7, 11) is 0. The van der Waals surface area contributed by atoms with Crippen LogP contribution in [0.3, 0.4) is 0 Å². The van der Waals surface area contributed by atoms with Crippen molar-refractivity contribution in [2.24, 2.45) is 0 Å². The molecule has 1 aliphatic rings. The normalized spacial score (nSPS) is 16.6. The summed E-state index contributed by atoms with van der Waals surface area (Å²) in [6.45, 7) is 4.86. The molecule has 2 aromatic carbocycles. The van der Waals surface area contributed by atoms with Gasteiger partial charge in [0.2, 0.25) is 5.91 Å². The zero-order chi connectivity index (χ0) is 23.8. The summed E-state index contributed by atoms with van der Waals surface area (Å²) in [6.07, 6.45) is 1.03. The number of piperazine rings is 1. The van der Waals surface area contributed by atoms with Crippen molar-refractivity contribution in [1.29, 1.82) is 0 Å². The SMILES string of the molecule is CCC(C)OC(=O)CC1C(=O)NCCN1C(=O)c1ccc(OCCc2ccccc2)c(Br)c1. The van der Waals surface area contributed by atoms with Gasteiger partial charge in [0, 0.05) is 25.1 Å². The molecule has 3 rings (SSSR count). The van der Waals surface area contributed by atoms with Gasteiger partial charge in [0.15, 0.2) is 0 Å². The molecule has 2 unspecified atom stereocenters. The minimum Gasteiger partial charge on any atom is -0.492 e. The Bertz CT molecular complexity index is 982. The van der Waals surface area contributed by atoms with Crippen LogP contribution in [0.15, 0.2) is 53.0 Å². The second kappa shape index (κ2) is 11.8. The molecule has 1 N–H and O–H groups in total. The maximum atomic E-state index is 13.2. The van der Waals surface area contributed by atoms with Crippen LogP contribution in [0.1, 0.15) is 42.6 Å². The average molecular weight is 517 g/mol. The van der Waals surface area contributed by atoms with E-state index in [2.05, 4.69) is 21.2 Å². The second-order valence-corrected chi connectivity index (χ2v) is 8.80. The van der Waals surface area contributed by atoms with Crippen molar-refractivity contribution in [3.8, 4) is 5.75 Å². The van der Waals surface area contributed by atoms with Gasteiger partial charge in [-0.1, -0.05) is 37.3 Å². The van der Waals surface area contributed by atoms with E-state index in [1.54, 1.807) is 25.1 Å². The second-order valence-electron chi connectivity index (χ2n) is 7.95. The van der Waals surface area contributed by atoms with E-state index in [4.69, 9.17) is 9.47 Å². The number of hydrogen-bond donors (Lipinski definition) is 1. The Hall–Kier alpha value is -2.87. The van der Waals surface area contributed by atoms with Crippen LogP contribution in [0.4, 0.5) is 0 Å². The molecule has 0 spiro atoms. The summed E-state index contributed by atoms with van der Waals surface area (Å²) < 4.78 is 11.8. The molecule has 1 saturated heterocycles. The number of halogens is 1. The third-order valence-corrected chi connectivity index (χ3v) is 6.15. The summed E-state index contributed by atoms with van der Waals surface area (Å²) >= 11 is 3.48. The van der Waals surface area contributed by atoms with Crippen molar-refractivity contribution in [2.75, 3.05) is 19.7 Å². The fourth-order valence-corrected chi connectivity index (χ4v) is 4.01. The smallest absolute Gasteiger partial charge is 0.308 e. The number of nitrogens with one attached hydrogen (secondary N) is 1. The first-order chi connectivity index (χ1) is 15.9. The standard InChI is InChI=1S/C25H29BrN2O5/c1-3-17(2)33-23(29)16-21-24(30)27-12-13-28(21)25(31)19-9-10-22(20(26)15-19)32-14-11-18-7-5-4-6-8-18/h4-10,15,17,21H,3,11-14,16H2,1-2H3,(H,27,30). The van der Waals surface area contributed by atoms with Crippen LogP contribution >= 0.6 is 15.9 Å². The quantitative estimate of drug-likeness (QED) is 0.513. The highest BCUT2D eigenvalue weighted by Crippen LogP contribution is 2.27. The predicted octanol–water partition coefficient (Wildman–Crippen LogP) is 3.74. The molecule has 8 heteroatoms. The minimum atomic E-state index is -0.900. The molecule has 2 atom stereocenters. The Morgan fingerprint density at radius 1 is 1.21 bits per heavy atom. The molecule has 0 bridgehead atoms. The molecule has 2 aromatic rings. The van der Waals surface area contributed by atoms with E-state index in [0.29, 0.717) is 41.9 Å². The van der Waals surface area contributed by atoms with Gasteiger partial charge in [-0.15, -0.1) is 0 Å². The van der Waals surface area contributed by atoms with E-state index in [-0.39, 0.29) is 24.3 Å². The molecule has 1 aliphatic heterocycles. The summed E-state index contributed by atoms with van der Waals surface area (Å²) in [6, 6.07) is 14.2. The lowest BCUT2D eigenvalue weighted by atomic mass is 10.1. The zero-order valence-corrected chi connectivity index (χ0v) is 20.5. The first-order valence-corrected chi connectivity index (χ1v) is 11.9. The first-order valence-electron chi connectivity index (χ1n) is 11.1. The van der Waals surface area contributed by atoms with Crippen molar-refractivity contribution in [1.82, 2.24) is 10.2 Å². The van der Waals surface area contributed by atoms with Gasteiger partial charge in [0.05, 0.1) is 23.6 Å². The lowest BCUT2D eigenvalue weighted by Crippen LogP contribution is -2.57. The number of rotatable bonds is 9. The predicted molar refractivity (Wildman–Crippen MR) is 128 cm³/mol.